The predicted octanol–water partition coefficient (Wildman–Crippen LogP) is -1.16. The summed E-state index contributed by atoms with van der Waals surface area (Å²) in [4.78, 5) is 22.5. The largest absolute Gasteiger partial charge is 0.391 e. The van der Waals surface area contributed by atoms with Gasteiger partial charge in [-0.3, -0.25) is 0 Å². The lowest BCUT2D eigenvalue weighted by atomic mass is 10.2. The molecule has 0 radical (unpaired) electrons. The van der Waals surface area contributed by atoms with Crippen LogP contribution < -0.4 is 11.5 Å². The molecule has 0 aromatic rings. The Morgan fingerprint density at radius 3 is 2.38 bits per heavy atom. The van der Waals surface area contributed by atoms with Crippen LogP contribution in [0.1, 0.15) is 13.3 Å². The van der Waals surface area contributed by atoms with E-state index in [2.05, 4.69) is 4.74 Å². The molecule has 94 valence electrons. The van der Waals surface area contributed by atoms with E-state index < -0.39 is 30.1 Å². The molecular formula is C9H18N2O4S. The van der Waals surface area contributed by atoms with Crippen molar-refractivity contribution in [2.75, 3.05) is 12.0 Å². The molecule has 0 bridgehead atoms. The fraction of sp³-hybridized carbons (Fsp3) is 0.778. The number of rotatable bonds is 6. The van der Waals surface area contributed by atoms with Gasteiger partial charge in [-0.25, -0.2) is 9.59 Å². The van der Waals surface area contributed by atoms with Crippen LogP contribution in [0.4, 0.5) is 0 Å². The first-order valence-electron chi connectivity index (χ1n) is 4.83. The van der Waals surface area contributed by atoms with Gasteiger partial charge in [-0.15, -0.1) is 0 Å². The highest BCUT2D eigenvalue weighted by atomic mass is 32.2. The second-order valence-electron chi connectivity index (χ2n) is 3.39. The molecule has 0 aromatic heterocycles. The van der Waals surface area contributed by atoms with Gasteiger partial charge in [-0.1, -0.05) is 0 Å². The zero-order valence-electron chi connectivity index (χ0n) is 9.38. The fourth-order valence-corrected chi connectivity index (χ4v) is 1.29. The van der Waals surface area contributed by atoms with Gasteiger partial charge in [0.15, 0.2) is 0 Å². The van der Waals surface area contributed by atoms with Gasteiger partial charge in [0.2, 0.25) is 0 Å². The lowest BCUT2D eigenvalue weighted by molar-refractivity contribution is -0.162. The van der Waals surface area contributed by atoms with Crippen LogP contribution in [0.25, 0.3) is 0 Å². The maximum atomic E-state index is 11.3. The number of hydrogen-bond donors (Lipinski definition) is 3. The Balaban J connectivity index is 4.08. The van der Waals surface area contributed by atoms with Crippen LogP contribution in [-0.2, 0) is 14.3 Å². The molecule has 5 N–H and O–H groups in total. The van der Waals surface area contributed by atoms with Crippen molar-refractivity contribution < 1.29 is 19.4 Å². The highest BCUT2D eigenvalue weighted by Crippen LogP contribution is 2.01. The number of ether oxygens (including phenoxy) is 1. The topological polar surface area (TPSA) is 116 Å². The van der Waals surface area contributed by atoms with Gasteiger partial charge >= 0.3 is 11.9 Å². The molecule has 0 amide bonds. The minimum Gasteiger partial charge on any atom is -0.391 e. The molecule has 0 rings (SSSR count). The summed E-state index contributed by atoms with van der Waals surface area (Å²) in [6.07, 6.45) is 1.24. The molecule has 0 saturated heterocycles. The van der Waals surface area contributed by atoms with Crippen LogP contribution in [0, 0.1) is 0 Å². The number of esters is 2. The van der Waals surface area contributed by atoms with Gasteiger partial charge in [0, 0.05) is 0 Å². The van der Waals surface area contributed by atoms with Gasteiger partial charge in [-0.05, 0) is 25.4 Å². The summed E-state index contributed by atoms with van der Waals surface area (Å²) < 4.78 is 4.44. The molecule has 0 unspecified atom stereocenters. The normalized spacial score (nSPS) is 16.3. The van der Waals surface area contributed by atoms with Crippen molar-refractivity contribution in [3.63, 3.8) is 0 Å². The number of aliphatic hydroxyl groups is 1. The lowest BCUT2D eigenvalue weighted by Crippen LogP contribution is -2.44. The van der Waals surface area contributed by atoms with Crippen LogP contribution >= 0.6 is 11.8 Å². The number of thioether (sulfide) groups is 1. The highest BCUT2D eigenvalue weighted by molar-refractivity contribution is 7.98. The SMILES string of the molecule is CSCC[C@H](N)C(=O)OC(=O)[C@@H](N)[C@@H](C)O. The van der Waals surface area contributed by atoms with E-state index in [4.69, 9.17) is 16.6 Å². The maximum Gasteiger partial charge on any atom is 0.333 e. The highest BCUT2D eigenvalue weighted by Gasteiger charge is 2.25. The second-order valence-corrected chi connectivity index (χ2v) is 4.38. The average molecular weight is 250 g/mol. The van der Waals surface area contributed by atoms with E-state index in [1.54, 1.807) is 11.8 Å². The Morgan fingerprint density at radius 2 is 1.94 bits per heavy atom. The van der Waals surface area contributed by atoms with Crippen molar-refractivity contribution in [1.82, 2.24) is 0 Å². The Morgan fingerprint density at radius 1 is 1.38 bits per heavy atom. The first kappa shape index (κ1) is 15.4. The summed E-state index contributed by atoms with van der Waals surface area (Å²) in [6, 6.07) is -2.06. The molecule has 0 fully saturated rings. The van der Waals surface area contributed by atoms with Crippen molar-refractivity contribution in [3.05, 3.63) is 0 Å². The summed E-state index contributed by atoms with van der Waals surface area (Å²) in [5.74, 6) is -1.07. The van der Waals surface area contributed by atoms with E-state index in [-0.39, 0.29) is 0 Å². The molecule has 16 heavy (non-hydrogen) atoms. The third-order valence-electron chi connectivity index (χ3n) is 1.93. The molecule has 0 aliphatic rings. The van der Waals surface area contributed by atoms with Gasteiger partial charge < -0.3 is 21.3 Å². The van der Waals surface area contributed by atoms with Crippen molar-refractivity contribution in [2.45, 2.75) is 31.5 Å². The van der Waals surface area contributed by atoms with Crippen LogP contribution in [0.15, 0.2) is 0 Å². The van der Waals surface area contributed by atoms with E-state index in [1.807, 2.05) is 6.26 Å². The molecule has 0 aliphatic carbocycles. The van der Waals surface area contributed by atoms with Crippen LogP contribution in [0.5, 0.6) is 0 Å². The molecule has 7 heteroatoms. The average Bonchev–Trinajstić information content (AvgIpc) is 2.24. The molecule has 3 atom stereocenters. The predicted molar refractivity (Wildman–Crippen MR) is 61.7 cm³/mol. The van der Waals surface area contributed by atoms with Crippen molar-refractivity contribution >= 4 is 23.7 Å². The van der Waals surface area contributed by atoms with Gasteiger partial charge in [0.25, 0.3) is 0 Å². The van der Waals surface area contributed by atoms with Crippen LogP contribution in [0.3, 0.4) is 0 Å². The molecule has 0 aromatic carbocycles. The molecule has 0 saturated carbocycles. The van der Waals surface area contributed by atoms with Gasteiger partial charge in [0.05, 0.1) is 6.10 Å². The monoisotopic (exact) mass is 250 g/mol. The first-order valence-corrected chi connectivity index (χ1v) is 6.23. The molecule has 0 spiro atoms. The Labute approximate surface area is 98.7 Å². The summed E-state index contributed by atoms with van der Waals surface area (Å²) in [6.45, 7) is 1.34. The number of carbonyl (C=O) groups excluding carboxylic acids is 2. The number of aliphatic hydroxyl groups excluding tert-OH is 1. The summed E-state index contributed by atoms with van der Waals surface area (Å²) in [5, 5.41) is 9.01. The van der Waals surface area contributed by atoms with E-state index in [0.717, 1.165) is 0 Å². The van der Waals surface area contributed by atoms with Gasteiger partial charge in [-0.2, -0.15) is 11.8 Å². The third-order valence-corrected chi connectivity index (χ3v) is 2.57. The Bertz CT molecular complexity index is 248. The lowest BCUT2D eigenvalue weighted by Gasteiger charge is -2.14. The fourth-order valence-electron chi connectivity index (χ4n) is 0.802. The third kappa shape index (κ3) is 5.45. The standard InChI is InChI=1S/C9H18N2O4S/c1-5(12)7(11)9(14)15-8(13)6(10)3-4-16-2/h5-7,12H,3-4,10-11H2,1-2H3/t5-,6+,7+/m1/s1. The van der Waals surface area contributed by atoms with Crippen molar-refractivity contribution in [1.29, 1.82) is 0 Å². The molecular weight excluding hydrogens is 232 g/mol. The minimum absolute atomic E-state index is 0.428. The summed E-state index contributed by atoms with van der Waals surface area (Å²) >= 11 is 1.54. The molecule has 6 nitrogen and oxygen atoms in total. The number of hydrogen-bond acceptors (Lipinski definition) is 7. The van der Waals surface area contributed by atoms with E-state index in [9.17, 15) is 9.59 Å². The minimum atomic E-state index is -1.23. The zero-order valence-corrected chi connectivity index (χ0v) is 10.2. The van der Waals surface area contributed by atoms with Crippen LogP contribution in [-0.4, -0.2) is 47.2 Å². The van der Waals surface area contributed by atoms with Crippen molar-refractivity contribution in [3.8, 4) is 0 Å². The maximum absolute atomic E-state index is 11.3. The van der Waals surface area contributed by atoms with E-state index in [0.29, 0.717) is 12.2 Å². The zero-order chi connectivity index (χ0) is 12.7. The smallest absolute Gasteiger partial charge is 0.333 e. The van der Waals surface area contributed by atoms with Gasteiger partial charge in [0.1, 0.15) is 12.1 Å². The quantitative estimate of drug-likeness (QED) is 0.402. The van der Waals surface area contributed by atoms with E-state index >= 15 is 0 Å². The number of nitrogens with two attached hydrogens (primary N) is 2. The Kier molecular flexibility index (Phi) is 7.31. The summed E-state index contributed by atoms with van der Waals surface area (Å²) in [5.41, 5.74) is 10.8. The molecule has 0 heterocycles. The second kappa shape index (κ2) is 7.61. The number of carbonyl (C=O) groups is 2. The van der Waals surface area contributed by atoms with Crippen molar-refractivity contribution in [2.24, 2.45) is 11.5 Å². The molecule has 0 aliphatic heterocycles. The summed E-state index contributed by atoms with van der Waals surface area (Å²) in [7, 11) is 0. The Hall–Kier alpha value is -0.630. The first-order chi connectivity index (χ1) is 7.40. The van der Waals surface area contributed by atoms with Crippen LogP contribution in [0.2, 0.25) is 0 Å². The van der Waals surface area contributed by atoms with E-state index in [1.165, 1.54) is 6.92 Å².